The van der Waals surface area contributed by atoms with Gasteiger partial charge in [-0.05, 0) is 36.2 Å². The molecule has 1 aromatic heterocycles. The SMILES string of the molecule is O=C(N[C@H](Cc1ccccc1Cl)[C@H](O)C(=O)O)c1ccc2nn[nH]c2c1. The Hall–Kier alpha value is -2.97. The van der Waals surface area contributed by atoms with Crippen molar-refractivity contribution >= 4 is 34.5 Å². The highest BCUT2D eigenvalue weighted by Gasteiger charge is 2.28. The third-order valence-corrected chi connectivity index (χ3v) is 4.30. The summed E-state index contributed by atoms with van der Waals surface area (Å²) in [4.78, 5) is 23.7. The van der Waals surface area contributed by atoms with Gasteiger partial charge in [0.2, 0.25) is 0 Å². The van der Waals surface area contributed by atoms with E-state index in [2.05, 4.69) is 20.7 Å². The molecule has 0 aliphatic heterocycles. The van der Waals surface area contributed by atoms with Gasteiger partial charge >= 0.3 is 5.97 Å². The Kier molecular flexibility index (Phi) is 5.15. The van der Waals surface area contributed by atoms with Gasteiger partial charge in [0, 0.05) is 10.6 Å². The van der Waals surface area contributed by atoms with Crippen LogP contribution in [0.25, 0.3) is 11.0 Å². The first-order valence-corrected chi connectivity index (χ1v) is 8.09. The van der Waals surface area contributed by atoms with Crippen LogP contribution in [0.3, 0.4) is 0 Å². The lowest BCUT2D eigenvalue weighted by atomic mass is 10.0. The third kappa shape index (κ3) is 3.81. The number of hydrogen-bond donors (Lipinski definition) is 4. The zero-order valence-electron chi connectivity index (χ0n) is 13.4. The molecule has 134 valence electrons. The number of nitrogens with zero attached hydrogens (tertiary/aromatic N) is 2. The van der Waals surface area contributed by atoms with Crippen LogP contribution in [0.2, 0.25) is 5.02 Å². The molecule has 0 fully saturated rings. The second kappa shape index (κ2) is 7.51. The zero-order valence-corrected chi connectivity index (χ0v) is 14.1. The summed E-state index contributed by atoms with van der Waals surface area (Å²) >= 11 is 6.10. The minimum absolute atomic E-state index is 0.0622. The van der Waals surface area contributed by atoms with Crippen LogP contribution in [0.5, 0.6) is 0 Å². The molecule has 3 rings (SSSR count). The van der Waals surface area contributed by atoms with E-state index in [4.69, 9.17) is 16.7 Å². The lowest BCUT2D eigenvalue weighted by Gasteiger charge is -2.22. The van der Waals surface area contributed by atoms with Gasteiger partial charge in [-0.3, -0.25) is 9.89 Å². The van der Waals surface area contributed by atoms with E-state index in [9.17, 15) is 14.7 Å². The second-order valence-electron chi connectivity index (χ2n) is 5.70. The first-order valence-electron chi connectivity index (χ1n) is 7.71. The molecular weight excluding hydrogens is 360 g/mol. The maximum Gasteiger partial charge on any atom is 0.334 e. The lowest BCUT2D eigenvalue weighted by molar-refractivity contribution is -0.148. The maximum atomic E-state index is 12.5. The van der Waals surface area contributed by atoms with Crippen LogP contribution in [0.15, 0.2) is 42.5 Å². The van der Waals surface area contributed by atoms with E-state index in [-0.39, 0.29) is 12.0 Å². The molecule has 3 aromatic rings. The molecule has 4 N–H and O–H groups in total. The standard InChI is InChI=1S/C17H15ClN4O4/c18-11-4-2-1-3-9(11)7-14(15(23)17(25)26)19-16(24)10-5-6-12-13(8-10)21-22-20-12/h1-6,8,14-15,23H,7H2,(H,19,24)(H,25,26)(H,20,21,22)/t14-,15+/m1/s1. The number of rotatable bonds is 6. The van der Waals surface area contributed by atoms with Gasteiger partial charge in [0.1, 0.15) is 5.52 Å². The maximum absolute atomic E-state index is 12.5. The molecule has 2 aromatic carbocycles. The summed E-state index contributed by atoms with van der Waals surface area (Å²) in [6.07, 6.45) is -1.72. The van der Waals surface area contributed by atoms with E-state index in [0.717, 1.165) is 0 Å². The van der Waals surface area contributed by atoms with Crippen molar-refractivity contribution in [3.8, 4) is 0 Å². The van der Waals surface area contributed by atoms with Gasteiger partial charge in [-0.25, -0.2) is 4.79 Å². The van der Waals surface area contributed by atoms with Crippen molar-refractivity contribution in [3.63, 3.8) is 0 Å². The molecule has 0 unspecified atom stereocenters. The molecule has 0 aliphatic rings. The molecule has 0 radical (unpaired) electrons. The summed E-state index contributed by atoms with van der Waals surface area (Å²) in [5.74, 6) is -1.96. The predicted octanol–water partition coefficient (Wildman–Crippen LogP) is 1.40. The molecule has 26 heavy (non-hydrogen) atoms. The Morgan fingerprint density at radius 3 is 2.73 bits per heavy atom. The number of aliphatic hydroxyl groups is 1. The van der Waals surface area contributed by atoms with Gasteiger partial charge < -0.3 is 15.5 Å². The fourth-order valence-electron chi connectivity index (χ4n) is 2.55. The van der Waals surface area contributed by atoms with Crippen molar-refractivity contribution in [1.29, 1.82) is 0 Å². The fourth-order valence-corrected chi connectivity index (χ4v) is 2.77. The minimum Gasteiger partial charge on any atom is -0.479 e. The summed E-state index contributed by atoms with van der Waals surface area (Å²) in [6, 6.07) is 10.5. The van der Waals surface area contributed by atoms with Gasteiger partial charge in [0.25, 0.3) is 5.91 Å². The highest BCUT2D eigenvalue weighted by Crippen LogP contribution is 2.18. The number of aromatic nitrogens is 3. The Balaban J connectivity index is 1.83. The topological polar surface area (TPSA) is 128 Å². The number of fused-ring (bicyclic) bond motifs is 1. The molecule has 2 atom stereocenters. The average molecular weight is 375 g/mol. The van der Waals surface area contributed by atoms with Gasteiger partial charge in [0.15, 0.2) is 6.10 Å². The molecule has 1 heterocycles. The summed E-state index contributed by atoms with van der Waals surface area (Å²) in [5, 5.41) is 32.2. The fraction of sp³-hybridized carbons (Fsp3) is 0.176. The van der Waals surface area contributed by atoms with E-state index < -0.39 is 24.0 Å². The number of hydrogen-bond acceptors (Lipinski definition) is 5. The van der Waals surface area contributed by atoms with Gasteiger partial charge in [0.05, 0.1) is 11.6 Å². The predicted molar refractivity (Wildman–Crippen MR) is 93.9 cm³/mol. The van der Waals surface area contributed by atoms with E-state index in [0.29, 0.717) is 21.6 Å². The Morgan fingerprint density at radius 1 is 1.23 bits per heavy atom. The number of benzene rings is 2. The summed E-state index contributed by atoms with van der Waals surface area (Å²) in [5.41, 5.74) is 2.07. The summed E-state index contributed by atoms with van der Waals surface area (Å²) < 4.78 is 0. The van der Waals surface area contributed by atoms with Crippen LogP contribution in [0.1, 0.15) is 15.9 Å². The number of nitrogens with one attached hydrogen (secondary N) is 2. The second-order valence-corrected chi connectivity index (χ2v) is 6.11. The van der Waals surface area contributed by atoms with Crippen molar-refractivity contribution in [1.82, 2.24) is 20.7 Å². The Morgan fingerprint density at radius 2 is 2.00 bits per heavy atom. The molecule has 0 saturated carbocycles. The minimum atomic E-state index is -1.78. The van der Waals surface area contributed by atoms with Crippen molar-refractivity contribution in [2.75, 3.05) is 0 Å². The average Bonchev–Trinajstić information content (AvgIpc) is 3.09. The van der Waals surface area contributed by atoms with Crippen molar-refractivity contribution in [2.45, 2.75) is 18.6 Å². The third-order valence-electron chi connectivity index (χ3n) is 3.94. The van der Waals surface area contributed by atoms with Crippen LogP contribution in [-0.2, 0) is 11.2 Å². The monoisotopic (exact) mass is 374 g/mol. The van der Waals surface area contributed by atoms with Crippen molar-refractivity contribution < 1.29 is 19.8 Å². The van der Waals surface area contributed by atoms with E-state index >= 15 is 0 Å². The molecule has 0 aliphatic carbocycles. The highest BCUT2D eigenvalue weighted by atomic mass is 35.5. The Bertz CT molecular complexity index is 959. The van der Waals surface area contributed by atoms with E-state index in [1.54, 1.807) is 42.5 Å². The smallest absolute Gasteiger partial charge is 0.334 e. The van der Waals surface area contributed by atoms with Crippen LogP contribution in [0.4, 0.5) is 0 Å². The lowest BCUT2D eigenvalue weighted by Crippen LogP contribution is -2.48. The molecule has 0 saturated heterocycles. The highest BCUT2D eigenvalue weighted by molar-refractivity contribution is 6.31. The van der Waals surface area contributed by atoms with E-state index in [1.807, 2.05) is 0 Å². The first kappa shape index (κ1) is 17.8. The molecule has 0 spiro atoms. The molecule has 1 amide bonds. The molecule has 9 heteroatoms. The number of amides is 1. The summed E-state index contributed by atoms with van der Waals surface area (Å²) in [6.45, 7) is 0. The summed E-state index contributed by atoms with van der Waals surface area (Å²) in [7, 11) is 0. The number of carboxylic acids is 1. The number of aromatic amines is 1. The number of carbonyl (C=O) groups is 2. The van der Waals surface area contributed by atoms with Crippen molar-refractivity contribution in [2.24, 2.45) is 0 Å². The largest absolute Gasteiger partial charge is 0.479 e. The normalized spacial score (nSPS) is 13.3. The number of carbonyl (C=O) groups excluding carboxylic acids is 1. The van der Waals surface area contributed by atoms with Crippen LogP contribution in [0, 0.1) is 0 Å². The quantitative estimate of drug-likeness (QED) is 0.516. The number of aliphatic hydroxyl groups excluding tert-OH is 1. The van der Waals surface area contributed by atoms with E-state index in [1.165, 1.54) is 0 Å². The number of aliphatic carboxylic acids is 1. The number of halogens is 1. The van der Waals surface area contributed by atoms with Crippen LogP contribution in [-0.4, -0.2) is 49.6 Å². The zero-order chi connectivity index (χ0) is 18.7. The molecular formula is C17H15ClN4O4. The number of H-pyrrole nitrogens is 1. The molecule has 0 bridgehead atoms. The first-order chi connectivity index (χ1) is 12.5. The molecule has 8 nitrogen and oxygen atoms in total. The van der Waals surface area contributed by atoms with Gasteiger partial charge in [-0.1, -0.05) is 35.0 Å². The Labute approximate surface area is 152 Å². The van der Waals surface area contributed by atoms with Crippen molar-refractivity contribution in [3.05, 3.63) is 58.6 Å². The number of carboxylic acid groups (broad SMARTS) is 1. The van der Waals surface area contributed by atoms with Crippen LogP contribution < -0.4 is 5.32 Å². The van der Waals surface area contributed by atoms with Gasteiger partial charge in [-0.2, -0.15) is 0 Å². The van der Waals surface area contributed by atoms with Crippen LogP contribution >= 0.6 is 11.6 Å². The van der Waals surface area contributed by atoms with Gasteiger partial charge in [-0.15, -0.1) is 5.10 Å².